The number of imidazole rings is 1. The highest BCUT2D eigenvalue weighted by molar-refractivity contribution is 5.76. The molecule has 1 aromatic carbocycles. The fourth-order valence-corrected chi connectivity index (χ4v) is 3.96. The van der Waals surface area contributed by atoms with Crippen LogP contribution in [-0.2, 0) is 31.9 Å². The Hall–Kier alpha value is -2.31. The van der Waals surface area contributed by atoms with Crippen LogP contribution in [0.15, 0.2) is 39.5 Å². The van der Waals surface area contributed by atoms with E-state index >= 15 is 0 Å². The molecule has 1 atom stereocenters. The van der Waals surface area contributed by atoms with Crippen molar-refractivity contribution in [3.63, 3.8) is 0 Å². The number of benzene rings is 1. The predicted octanol–water partition coefficient (Wildman–Crippen LogP) is 2.96. The molecule has 1 aliphatic heterocycles. The van der Waals surface area contributed by atoms with Gasteiger partial charge in [0.15, 0.2) is 0 Å². The maximum Gasteiger partial charge on any atom is 0.328 e. The molecule has 3 aromatic rings. The normalized spacial score (nSPS) is 17.4. The van der Waals surface area contributed by atoms with Crippen LogP contribution in [0.5, 0.6) is 0 Å². The largest absolute Gasteiger partial charge is 0.465 e. The fourth-order valence-electron chi connectivity index (χ4n) is 3.96. The minimum atomic E-state index is 0.00409. The molecule has 0 saturated carbocycles. The van der Waals surface area contributed by atoms with Gasteiger partial charge in [-0.05, 0) is 49.6 Å². The summed E-state index contributed by atoms with van der Waals surface area (Å²) in [6.07, 6.45) is 2.53. The summed E-state index contributed by atoms with van der Waals surface area (Å²) in [4.78, 5) is 14.6. The number of ether oxygens (including phenoxy) is 1. The molecule has 0 radical (unpaired) electrons. The quantitative estimate of drug-likeness (QED) is 0.670. The second-order valence-corrected chi connectivity index (χ2v) is 7.54. The smallest absolute Gasteiger partial charge is 0.328 e. The molecule has 0 bridgehead atoms. The highest BCUT2D eigenvalue weighted by Gasteiger charge is 2.21. The molecule has 3 heterocycles. The van der Waals surface area contributed by atoms with Gasteiger partial charge in [-0.1, -0.05) is 6.07 Å². The van der Waals surface area contributed by atoms with Crippen molar-refractivity contribution < 1.29 is 9.15 Å². The van der Waals surface area contributed by atoms with Crippen LogP contribution in [0.25, 0.3) is 11.0 Å². The Morgan fingerprint density at radius 3 is 2.63 bits per heavy atom. The minimum Gasteiger partial charge on any atom is -0.465 e. The van der Waals surface area contributed by atoms with Crippen LogP contribution in [0.3, 0.4) is 0 Å². The molecule has 6 nitrogen and oxygen atoms in total. The second-order valence-electron chi connectivity index (χ2n) is 7.54. The van der Waals surface area contributed by atoms with Crippen molar-refractivity contribution in [2.75, 3.05) is 13.2 Å². The zero-order valence-corrected chi connectivity index (χ0v) is 16.3. The maximum atomic E-state index is 12.2. The van der Waals surface area contributed by atoms with E-state index < -0.39 is 0 Å². The first-order chi connectivity index (χ1) is 13.0. The van der Waals surface area contributed by atoms with Crippen molar-refractivity contribution in [3.05, 3.63) is 57.9 Å². The first-order valence-corrected chi connectivity index (χ1v) is 9.55. The van der Waals surface area contributed by atoms with Gasteiger partial charge >= 0.3 is 5.69 Å². The molecule has 1 saturated heterocycles. The number of hydrogen-bond acceptors (Lipinski definition) is 4. The van der Waals surface area contributed by atoms with Gasteiger partial charge < -0.3 is 9.15 Å². The average molecular weight is 369 g/mol. The Labute approximate surface area is 158 Å². The SMILES string of the molecule is Cc1ccc(CN(Cc2ccc3c(c2)n(C)c(=O)n3C)CC2CCCO2)o1. The van der Waals surface area contributed by atoms with Crippen LogP contribution in [0.2, 0.25) is 0 Å². The molecule has 1 fully saturated rings. The van der Waals surface area contributed by atoms with Gasteiger partial charge in [0.05, 0.1) is 23.7 Å². The highest BCUT2D eigenvalue weighted by atomic mass is 16.5. The van der Waals surface area contributed by atoms with Crippen molar-refractivity contribution >= 4 is 11.0 Å². The third-order valence-corrected chi connectivity index (χ3v) is 5.40. The molecule has 1 unspecified atom stereocenters. The molecule has 27 heavy (non-hydrogen) atoms. The predicted molar refractivity (Wildman–Crippen MR) is 105 cm³/mol. The number of hydrogen-bond donors (Lipinski definition) is 0. The summed E-state index contributed by atoms with van der Waals surface area (Å²) in [6.45, 7) is 5.25. The lowest BCUT2D eigenvalue weighted by Crippen LogP contribution is -2.31. The first-order valence-electron chi connectivity index (χ1n) is 9.55. The number of aromatic nitrogens is 2. The Kier molecular flexibility index (Phi) is 4.93. The van der Waals surface area contributed by atoms with E-state index in [1.165, 1.54) is 5.56 Å². The van der Waals surface area contributed by atoms with Gasteiger partial charge in [-0.15, -0.1) is 0 Å². The lowest BCUT2D eigenvalue weighted by atomic mass is 10.1. The summed E-state index contributed by atoms with van der Waals surface area (Å²) in [6, 6.07) is 10.3. The third-order valence-electron chi connectivity index (χ3n) is 5.40. The van der Waals surface area contributed by atoms with E-state index in [2.05, 4.69) is 17.0 Å². The molecule has 0 N–H and O–H groups in total. The maximum absolute atomic E-state index is 12.2. The number of rotatable bonds is 6. The summed E-state index contributed by atoms with van der Waals surface area (Å²) in [5.41, 5.74) is 3.11. The van der Waals surface area contributed by atoms with E-state index in [-0.39, 0.29) is 11.8 Å². The lowest BCUT2D eigenvalue weighted by molar-refractivity contribution is 0.0654. The molecule has 0 spiro atoms. The molecule has 1 aliphatic rings. The fraction of sp³-hybridized carbons (Fsp3) is 0.476. The van der Waals surface area contributed by atoms with E-state index in [0.717, 1.165) is 61.6 Å². The van der Waals surface area contributed by atoms with Crippen molar-refractivity contribution in [1.82, 2.24) is 14.0 Å². The Morgan fingerprint density at radius 1 is 1.11 bits per heavy atom. The molecule has 144 valence electrons. The summed E-state index contributed by atoms with van der Waals surface area (Å²) in [5, 5.41) is 0. The van der Waals surface area contributed by atoms with Crippen LogP contribution in [-0.4, -0.2) is 33.3 Å². The van der Waals surface area contributed by atoms with Crippen LogP contribution >= 0.6 is 0 Å². The van der Waals surface area contributed by atoms with Crippen molar-refractivity contribution in [1.29, 1.82) is 0 Å². The molecule has 2 aromatic heterocycles. The van der Waals surface area contributed by atoms with E-state index in [0.29, 0.717) is 0 Å². The first kappa shape index (κ1) is 18.1. The van der Waals surface area contributed by atoms with E-state index in [4.69, 9.17) is 9.15 Å². The molecular weight excluding hydrogens is 342 g/mol. The molecule has 0 amide bonds. The Balaban J connectivity index is 1.58. The van der Waals surface area contributed by atoms with Gasteiger partial charge in [0.2, 0.25) is 0 Å². The second kappa shape index (κ2) is 7.37. The van der Waals surface area contributed by atoms with Gasteiger partial charge in [-0.3, -0.25) is 14.0 Å². The van der Waals surface area contributed by atoms with Gasteiger partial charge in [0.1, 0.15) is 11.5 Å². The van der Waals surface area contributed by atoms with Crippen LogP contribution in [0, 0.1) is 6.92 Å². The number of furan rings is 1. The van der Waals surface area contributed by atoms with Gasteiger partial charge in [-0.25, -0.2) is 4.79 Å². The van der Waals surface area contributed by atoms with Crippen LogP contribution in [0.4, 0.5) is 0 Å². The minimum absolute atomic E-state index is 0.00409. The summed E-state index contributed by atoms with van der Waals surface area (Å²) in [5.74, 6) is 1.90. The molecule has 4 rings (SSSR count). The third kappa shape index (κ3) is 3.73. The van der Waals surface area contributed by atoms with Gasteiger partial charge in [-0.2, -0.15) is 0 Å². The van der Waals surface area contributed by atoms with E-state index in [9.17, 15) is 4.79 Å². The highest BCUT2D eigenvalue weighted by Crippen LogP contribution is 2.20. The summed E-state index contributed by atoms with van der Waals surface area (Å²) < 4.78 is 15.0. The lowest BCUT2D eigenvalue weighted by Gasteiger charge is -2.24. The van der Waals surface area contributed by atoms with Gasteiger partial charge in [0.25, 0.3) is 0 Å². The average Bonchev–Trinajstić information content (AvgIpc) is 3.35. The summed E-state index contributed by atoms with van der Waals surface area (Å²) in [7, 11) is 3.64. The molecule has 6 heteroatoms. The van der Waals surface area contributed by atoms with E-state index in [1.54, 1.807) is 9.13 Å². The monoisotopic (exact) mass is 369 g/mol. The van der Waals surface area contributed by atoms with Crippen LogP contribution < -0.4 is 5.69 Å². The Morgan fingerprint density at radius 2 is 1.93 bits per heavy atom. The number of aryl methyl sites for hydroxylation is 3. The number of nitrogens with zero attached hydrogens (tertiary/aromatic N) is 3. The van der Waals surface area contributed by atoms with Gasteiger partial charge in [0, 0.05) is 33.8 Å². The zero-order chi connectivity index (χ0) is 19.0. The zero-order valence-electron chi connectivity index (χ0n) is 16.3. The van der Waals surface area contributed by atoms with Crippen molar-refractivity contribution in [3.8, 4) is 0 Å². The summed E-state index contributed by atoms with van der Waals surface area (Å²) >= 11 is 0. The van der Waals surface area contributed by atoms with Crippen LogP contribution in [0.1, 0.15) is 29.9 Å². The topological polar surface area (TPSA) is 52.5 Å². The van der Waals surface area contributed by atoms with Crippen molar-refractivity contribution in [2.24, 2.45) is 14.1 Å². The van der Waals surface area contributed by atoms with E-state index in [1.807, 2.05) is 39.2 Å². The number of fused-ring (bicyclic) bond motifs is 1. The molecular formula is C21H27N3O3. The molecule has 0 aliphatic carbocycles. The Bertz CT molecular complexity index is 992. The standard InChI is InChI=1S/C21H27N3O3/c1-15-6-8-18(27-15)14-24(13-17-5-4-10-26-17)12-16-7-9-19-20(11-16)23(3)21(25)22(19)2/h6-9,11,17H,4-5,10,12-14H2,1-3H3. The van der Waals surface area contributed by atoms with Crippen molar-refractivity contribution in [2.45, 2.75) is 39.0 Å².